The summed E-state index contributed by atoms with van der Waals surface area (Å²) in [6.07, 6.45) is 4.94. The van der Waals surface area contributed by atoms with Crippen molar-refractivity contribution in [2.75, 3.05) is 4.90 Å². The summed E-state index contributed by atoms with van der Waals surface area (Å²) in [7, 11) is 0. The first-order chi connectivity index (χ1) is 10.1. The van der Waals surface area contributed by atoms with Gasteiger partial charge in [-0.2, -0.15) is 0 Å². The van der Waals surface area contributed by atoms with Crippen molar-refractivity contribution in [2.24, 2.45) is 0 Å². The van der Waals surface area contributed by atoms with Crippen LogP contribution in [0.5, 0.6) is 0 Å². The van der Waals surface area contributed by atoms with E-state index in [0.29, 0.717) is 6.04 Å². The zero-order valence-corrected chi connectivity index (χ0v) is 12.7. The van der Waals surface area contributed by atoms with E-state index in [0.717, 1.165) is 29.7 Å². The third-order valence-corrected chi connectivity index (χ3v) is 4.76. The minimum atomic E-state index is -0.347. The molecule has 1 aliphatic carbocycles. The van der Waals surface area contributed by atoms with Crippen molar-refractivity contribution >= 4 is 17.5 Å². The number of carbonyl (C=O) groups is 2. The van der Waals surface area contributed by atoms with E-state index in [4.69, 9.17) is 0 Å². The molecule has 1 atom stereocenters. The second kappa shape index (κ2) is 5.60. The second-order valence-corrected chi connectivity index (χ2v) is 6.19. The van der Waals surface area contributed by atoms with Gasteiger partial charge >= 0.3 is 0 Å². The van der Waals surface area contributed by atoms with E-state index < -0.39 is 0 Å². The molecular formula is C17H22N2O2. The van der Waals surface area contributed by atoms with Crippen molar-refractivity contribution in [3.63, 3.8) is 0 Å². The van der Waals surface area contributed by atoms with Crippen LogP contribution in [-0.4, -0.2) is 23.9 Å². The lowest BCUT2D eigenvalue weighted by Crippen LogP contribution is -2.43. The van der Waals surface area contributed by atoms with Crippen molar-refractivity contribution in [1.29, 1.82) is 0 Å². The maximum Gasteiger partial charge on any atom is 0.251 e. The molecular weight excluding hydrogens is 264 g/mol. The van der Waals surface area contributed by atoms with Crippen LogP contribution in [0.25, 0.3) is 0 Å². The average Bonchev–Trinajstić information content (AvgIpc) is 3.04. The lowest BCUT2D eigenvalue weighted by Gasteiger charge is -2.20. The molecule has 1 unspecified atom stereocenters. The van der Waals surface area contributed by atoms with Crippen LogP contribution in [0.2, 0.25) is 0 Å². The fraction of sp³-hybridized carbons (Fsp3) is 0.529. The summed E-state index contributed by atoms with van der Waals surface area (Å²) >= 11 is 0. The molecule has 0 radical (unpaired) electrons. The van der Waals surface area contributed by atoms with Gasteiger partial charge < -0.3 is 5.32 Å². The minimum absolute atomic E-state index is 0.0933. The van der Waals surface area contributed by atoms with Crippen molar-refractivity contribution < 1.29 is 9.59 Å². The highest BCUT2D eigenvalue weighted by atomic mass is 16.2. The Balaban J connectivity index is 1.81. The molecule has 1 saturated heterocycles. The van der Waals surface area contributed by atoms with Crippen LogP contribution in [0, 0.1) is 13.8 Å². The second-order valence-electron chi connectivity index (χ2n) is 6.19. The van der Waals surface area contributed by atoms with Crippen molar-refractivity contribution in [2.45, 2.75) is 58.0 Å². The molecule has 1 heterocycles. The maximum atomic E-state index is 12.6. The van der Waals surface area contributed by atoms with Crippen LogP contribution in [0.4, 0.5) is 5.69 Å². The van der Waals surface area contributed by atoms with Gasteiger partial charge in [-0.05, 0) is 43.9 Å². The lowest BCUT2D eigenvalue weighted by molar-refractivity contribution is -0.121. The van der Waals surface area contributed by atoms with Crippen LogP contribution in [-0.2, 0) is 9.59 Å². The number of nitrogens with one attached hydrogen (secondary N) is 1. The predicted octanol–water partition coefficient (Wildman–Crippen LogP) is 2.47. The summed E-state index contributed by atoms with van der Waals surface area (Å²) in [6, 6.07) is 5.80. The average molecular weight is 286 g/mol. The Kier molecular flexibility index (Phi) is 3.81. The van der Waals surface area contributed by atoms with Crippen molar-refractivity contribution in [1.82, 2.24) is 5.32 Å². The molecule has 21 heavy (non-hydrogen) atoms. The highest BCUT2D eigenvalue weighted by molar-refractivity contribution is 6.22. The highest BCUT2D eigenvalue weighted by Gasteiger charge is 2.41. The van der Waals surface area contributed by atoms with Crippen LogP contribution in [0.3, 0.4) is 0 Å². The Bertz CT molecular complexity index is 576. The quantitative estimate of drug-likeness (QED) is 0.868. The summed E-state index contributed by atoms with van der Waals surface area (Å²) < 4.78 is 0. The summed E-state index contributed by atoms with van der Waals surface area (Å²) in [5.41, 5.74) is 2.83. The van der Waals surface area contributed by atoms with Gasteiger partial charge in [0.15, 0.2) is 0 Å². The van der Waals surface area contributed by atoms with Crippen LogP contribution in [0.15, 0.2) is 18.2 Å². The van der Waals surface area contributed by atoms with E-state index in [1.54, 1.807) is 0 Å². The maximum absolute atomic E-state index is 12.6. The van der Waals surface area contributed by atoms with Gasteiger partial charge in [0.2, 0.25) is 5.91 Å². The Morgan fingerprint density at radius 3 is 2.57 bits per heavy atom. The van der Waals surface area contributed by atoms with Gasteiger partial charge in [-0.25, -0.2) is 4.90 Å². The van der Waals surface area contributed by atoms with Gasteiger partial charge in [-0.15, -0.1) is 0 Å². The number of hydrogen-bond acceptors (Lipinski definition) is 3. The Morgan fingerprint density at radius 1 is 1.14 bits per heavy atom. The van der Waals surface area contributed by atoms with Gasteiger partial charge in [0.05, 0.1) is 18.2 Å². The Morgan fingerprint density at radius 2 is 1.86 bits per heavy atom. The third-order valence-electron chi connectivity index (χ3n) is 4.76. The molecule has 1 N–H and O–H groups in total. The first kappa shape index (κ1) is 14.3. The molecule has 0 bridgehead atoms. The van der Waals surface area contributed by atoms with Crippen LogP contribution < -0.4 is 10.2 Å². The standard InChI is InChI=1S/C17H22N2O2/c1-11-6-5-9-15(12(11)2)19-16(20)10-14(17(19)21)18-13-7-3-4-8-13/h5-6,9,13-14,18H,3-4,7-8,10H2,1-2H3. The number of rotatable bonds is 3. The molecule has 0 spiro atoms. The predicted molar refractivity (Wildman–Crippen MR) is 82.2 cm³/mol. The highest BCUT2D eigenvalue weighted by Crippen LogP contribution is 2.29. The molecule has 1 aromatic rings. The SMILES string of the molecule is Cc1cccc(N2C(=O)CC(NC3CCCC3)C2=O)c1C. The van der Waals surface area contributed by atoms with Crippen molar-refractivity contribution in [3.8, 4) is 0 Å². The number of anilines is 1. The topological polar surface area (TPSA) is 49.4 Å². The number of imide groups is 1. The number of aryl methyl sites for hydroxylation is 1. The molecule has 2 fully saturated rings. The molecule has 2 aliphatic rings. The van der Waals surface area contributed by atoms with E-state index in [1.807, 2.05) is 32.0 Å². The monoisotopic (exact) mass is 286 g/mol. The number of hydrogen-bond donors (Lipinski definition) is 1. The van der Waals surface area contributed by atoms with Crippen LogP contribution >= 0.6 is 0 Å². The van der Waals surface area contributed by atoms with Crippen molar-refractivity contribution in [3.05, 3.63) is 29.3 Å². The van der Waals surface area contributed by atoms with E-state index in [1.165, 1.54) is 17.7 Å². The summed E-state index contributed by atoms with van der Waals surface area (Å²) in [6.45, 7) is 3.96. The first-order valence-corrected chi connectivity index (χ1v) is 7.77. The molecule has 1 saturated carbocycles. The first-order valence-electron chi connectivity index (χ1n) is 7.77. The minimum Gasteiger partial charge on any atom is -0.303 e. The number of amides is 2. The summed E-state index contributed by atoms with van der Waals surface area (Å²) in [5.74, 6) is -0.190. The molecule has 3 rings (SSSR count). The van der Waals surface area contributed by atoms with Gasteiger partial charge in [0, 0.05) is 6.04 Å². The number of benzene rings is 1. The smallest absolute Gasteiger partial charge is 0.251 e. The molecule has 1 aliphatic heterocycles. The molecule has 1 aromatic carbocycles. The Labute approximate surface area is 125 Å². The van der Waals surface area contributed by atoms with E-state index in [2.05, 4.69) is 5.32 Å². The number of carbonyl (C=O) groups excluding carboxylic acids is 2. The number of nitrogens with zero attached hydrogens (tertiary/aromatic N) is 1. The van der Waals surface area contributed by atoms with E-state index >= 15 is 0 Å². The molecule has 2 amide bonds. The molecule has 4 nitrogen and oxygen atoms in total. The fourth-order valence-corrected chi connectivity index (χ4v) is 3.37. The summed E-state index contributed by atoms with van der Waals surface area (Å²) in [5, 5.41) is 3.38. The van der Waals surface area contributed by atoms with Gasteiger partial charge in [-0.1, -0.05) is 25.0 Å². The zero-order valence-electron chi connectivity index (χ0n) is 12.7. The van der Waals surface area contributed by atoms with E-state index in [-0.39, 0.29) is 24.3 Å². The lowest BCUT2D eigenvalue weighted by atomic mass is 10.1. The third kappa shape index (κ3) is 2.60. The van der Waals surface area contributed by atoms with E-state index in [9.17, 15) is 9.59 Å². The summed E-state index contributed by atoms with van der Waals surface area (Å²) in [4.78, 5) is 26.3. The van der Waals surface area contributed by atoms with Gasteiger partial charge in [-0.3, -0.25) is 9.59 Å². The normalized spacial score (nSPS) is 23.3. The van der Waals surface area contributed by atoms with Gasteiger partial charge in [0.1, 0.15) is 0 Å². The molecule has 4 heteroatoms. The largest absolute Gasteiger partial charge is 0.303 e. The molecule has 0 aromatic heterocycles. The van der Waals surface area contributed by atoms with Crippen LogP contribution in [0.1, 0.15) is 43.2 Å². The van der Waals surface area contributed by atoms with Gasteiger partial charge in [0.25, 0.3) is 5.91 Å². The Hall–Kier alpha value is -1.68. The zero-order chi connectivity index (χ0) is 15.0. The molecule has 112 valence electrons. The fourth-order valence-electron chi connectivity index (χ4n) is 3.37.